The lowest BCUT2D eigenvalue weighted by atomic mass is 10.2. The molecule has 0 spiro atoms. The van der Waals surface area contributed by atoms with E-state index in [0.717, 1.165) is 25.7 Å². The molecule has 1 radical (unpaired) electrons. The SMILES string of the molecule is [CH2]/C=C/CCCCCOC(C)=O. The lowest BCUT2D eigenvalue weighted by Crippen LogP contribution is -1.99. The van der Waals surface area contributed by atoms with Crippen molar-refractivity contribution in [3.8, 4) is 0 Å². The van der Waals surface area contributed by atoms with Crippen molar-refractivity contribution in [2.45, 2.75) is 32.6 Å². The number of ether oxygens (including phenoxy) is 1. The molecule has 0 atom stereocenters. The van der Waals surface area contributed by atoms with Crippen molar-refractivity contribution < 1.29 is 9.53 Å². The highest BCUT2D eigenvalue weighted by molar-refractivity contribution is 5.65. The molecule has 0 fully saturated rings. The van der Waals surface area contributed by atoms with Gasteiger partial charge in [-0.1, -0.05) is 12.2 Å². The van der Waals surface area contributed by atoms with Gasteiger partial charge < -0.3 is 4.74 Å². The van der Waals surface area contributed by atoms with Crippen LogP contribution in [0.1, 0.15) is 32.6 Å². The van der Waals surface area contributed by atoms with Crippen LogP contribution in [-0.2, 0) is 9.53 Å². The zero-order chi connectivity index (χ0) is 9.23. The molecule has 0 heterocycles. The Hall–Kier alpha value is -0.790. The van der Waals surface area contributed by atoms with E-state index in [1.807, 2.05) is 12.2 Å². The number of carbonyl (C=O) groups excluding carboxylic acids is 1. The molecule has 0 aliphatic rings. The fraction of sp³-hybridized carbons (Fsp3) is 0.600. The number of esters is 1. The van der Waals surface area contributed by atoms with Crippen molar-refractivity contribution in [2.24, 2.45) is 0 Å². The van der Waals surface area contributed by atoms with Gasteiger partial charge in [-0.15, -0.1) is 0 Å². The highest BCUT2D eigenvalue weighted by atomic mass is 16.5. The van der Waals surface area contributed by atoms with Crippen molar-refractivity contribution in [3.63, 3.8) is 0 Å². The topological polar surface area (TPSA) is 26.3 Å². The first kappa shape index (κ1) is 11.2. The molecule has 0 aliphatic heterocycles. The van der Waals surface area contributed by atoms with Crippen molar-refractivity contribution in [3.05, 3.63) is 19.1 Å². The predicted octanol–water partition coefficient (Wildman–Crippen LogP) is 2.50. The number of rotatable bonds is 6. The minimum Gasteiger partial charge on any atom is -0.466 e. The van der Waals surface area contributed by atoms with Gasteiger partial charge in [-0.25, -0.2) is 0 Å². The smallest absolute Gasteiger partial charge is 0.302 e. The zero-order valence-electron chi connectivity index (χ0n) is 7.71. The van der Waals surface area contributed by atoms with E-state index in [9.17, 15) is 4.79 Å². The van der Waals surface area contributed by atoms with Gasteiger partial charge in [0, 0.05) is 6.92 Å². The standard InChI is InChI=1S/C10H17O2/c1-3-4-5-6-7-8-9-12-10(2)11/h3-4H,1,5-9H2,2H3/b4-3+. The highest BCUT2D eigenvalue weighted by Crippen LogP contribution is 2.00. The monoisotopic (exact) mass is 169 g/mol. The van der Waals surface area contributed by atoms with Crippen molar-refractivity contribution in [1.29, 1.82) is 0 Å². The van der Waals surface area contributed by atoms with Crippen LogP contribution in [-0.4, -0.2) is 12.6 Å². The van der Waals surface area contributed by atoms with Gasteiger partial charge in [-0.05, 0) is 32.6 Å². The molecule has 0 aromatic heterocycles. The molecule has 2 heteroatoms. The van der Waals surface area contributed by atoms with Gasteiger partial charge >= 0.3 is 5.97 Å². The maximum atomic E-state index is 10.3. The molecule has 0 N–H and O–H groups in total. The summed E-state index contributed by atoms with van der Waals surface area (Å²) < 4.78 is 4.78. The average molecular weight is 169 g/mol. The second-order valence-corrected chi connectivity index (χ2v) is 2.66. The summed E-state index contributed by atoms with van der Waals surface area (Å²) in [6.45, 7) is 5.59. The number of allylic oxidation sites excluding steroid dienone is 2. The Bertz CT molecular complexity index is 139. The molecule has 2 nitrogen and oxygen atoms in total. The zero-order valence-corrected chi connectivity index (χ0v) is 7.71. The summed E-state index contributed by atoms with van der Waals surface area (Å²) in [4.78, 5) is 10.3. The number of hydrogen-bond donors (Lipinski definition) is 0. The van der Waals surface area contributed by atoms with Gasteiger partial charge in [0.1, 0.15) is 0 Å². The quantitative estimate of drug-likeness (QED) is 0.451. The molecular formula is C10H17O2. The van der Waals surface area contributed by atoms with Gasteiger partial charge in [-0.3, -0.25) is 4.79 Å². The van der Waals surface area contributed by atoms with E-state index in [0.29, 0.717) is 6.61 Å². The van der Waals surface area contributed by atoms with Gasteiger partial charge in [0.2, 0.25) is 0 Å². The summed E-state index contributed by atoms with van der Waals surface area (Å²) in [5.74, 6) is -0.187. The number of unbranched alkanes of at least 4 members (excludes halogenated alkanes) is 3. The molecular weight excluding hydrogens is 152 g/mol. The van der Waals surface area contributed by atoms with E-state index < -0.39 is 0 Å². The third-order valence-electron chi connectivity index (χ3n) is 1.49. The van der Waals surface area contributed by atoms with Crippen LogP contribution >= 0.6 is 0 Å². The normalized spacial score (nSPS) is 10.5. The highest BCUT2D eigenvalue weighted by Gasteiger charge is 1.91. The van der Waals surface area contributed by atoms with E-state index in [2.05, 4.69) is 6.92 Å². The maximum absolute atomic E-state index is 10.3. The van der Waals surface area contributed by atoms with E-state index in [1.165, 1.54) is 6.92 Å². The molecule has 69 valence electrons. The molecule has 0 aliphatic carbocycles. The van der Waals surface area contributed by atoms with Crippen LogP contribution in [0.4, 0.5) is 0 Å². The summed E-state index contributed by atoms with van der Waals surface area (Å²) in [5, 5.41) is 0. The van der Waals surface area contributed by atoms with Crippen LogP contribution in [0.2, 0.25) is 0 Å². The first-order valence-corrected chi connectivity index (χ1v) is 4.35. The lowest BCUT2D eigenvalue weighted by molar-refractivity contribution is -0.141. The Balaban J connectivity index is 2.96. The largest absolute Gasteiger partial charge is 0.466 e. The first-order valence-electron chi connectivity index (χ1n) is 4.35. The summed E-state index contributed by atoms with van der Waals surface area (Å²) in [5.41, 5.74) is 0. The first-order chi connectivity index (χ1) is 5.77. The minimum atomic E-state index is -0.187. The van der Waals surface area contributed by atoms with Crippen LogP contribution < -0.4 is 0 Å². The van der Waals surface area contributed by atoms with Crippen molar-refractivity contribution >= 4 is 5.97 Å². The van der Waals surface area contributed by atoms with Crippen LogP contribution in [0, 0.1) is 6.92 Å². The fourth-order valence-electron chi connectivity index (χ4n) is 0.875. The van der Waals surface area contributed by atoms with Crippen LogP contribution in [0.3, 0.4) is 0 Å². The van der Waals surface area contributed by atoms with E-state index in [1.54, 1.807) is 0 Å². The lowest BCUT2D eigenvalue weighted by Gasteiger charge is -1.99. The number of hydrogen-bond acceptors (Lipinski definition) is 2. The van der Waals surface area contributed by atoms with Gasteiger partial charge in [0.15, 0.2) is 0 Å². The molecule has 0 rings (SSSR count). The van der Waals surface area contributed by atoms with E-state index in [-0.39, 0.29) is 5.97 Å². The minimum absolute atomic E-state index is 0.187. The summed E-state index contributed by atoms with van der Waals surface area (Å²) in [6.07, 6.45) is 8.15. The van der Waals surface area contributed by atoms with Gasteiger partial charge in [0.05, 0.1) is 6.61 Å². The third-order valence-corrected chi connectivity index (χ3v) is 1.49. The second-order valence-electron chi connectivity index (χ2n) is 2.66. The number of carbonyl (C=O) groups is 1. The Labute approximate surface area is 74.6 Å². The van der Waals surface area contributed by atoms with E-state index >= 15 is 0 Å². The predicted molar refractivity (Wildman–Crippen MR) is 49.6 cm³/mol. The summed E-state index contributed by atoms with van der Waals surface area (Å²) >= 11 is 0. The Morgan fingerprint density at radius 1 is 1.42 bits per heavy atom. The van der Waals surface area contributed by atoms with Gasteiger partial charge in [-0.2, -0.15) is 0 Å². The third kappa shape index (κ3) is 9.21. The summed E-state index contributed by atoms with van der Waals surface area (Å²) in [6, 6.07) is 0. The Kier molecular flexibility index (Phi) is 7.76. The van der Waals surface area contributed by atoms with Crippen molar-refractivity contribution in [2.75, 3.05) is 6.61 Å². The molecule has 0 saturated carbocycles. The molecule has 0 bridgehead atoms. The molecule has 0 saturated heterocycles. The fourth-order valence-corrected chi connectivity index (χ4v) is 0.875. The molecule has 0 unspecified atom stereocenters. The van der Waals surface area contributed by atoms with Crippen LogP contribution in [0.15, 0.2) is 12.2 Å². The van der Waals surface area contributed by atoms with Crippen LogP contribution in [0.5, 0.6) is 0 Å². The molecule has 0 aromatic carbocycles. The summed E-state index contributed by atoms with van der Waals surface area (Å²) in [7, 11) is 0. The Morgan fingerprint density at radius 2 is 2.17 bits per heavy atom. The maximum Gasteiger partial charge on any atom is 0.302 e. The molecule has 12 heavy (non-hydrogen) atoms. The average Bonchev–Trinajstić information content (AvgIpc) is 2.02. The molecule has 0 amide bonds. The molecule has 0 aromatic rings. The van der Waals surface area contributed by atoms with Gasteiger partial charge in [0.25, 0.3) is 0 Å². The second kappa shape index (κ2) is 8.31. The Morgan fingerprint density at radius 3 is 2.75 bits per heavy atom. The van der Waals surface area contributed by atoms with E-state index in [4.69, 9.17) is 4.74 Å². The van der Waals surface area contributed by atoms with Crippen LogP contribution in [0.25, 0.3) is 0 Å². The van der Waals surface area contributed by atoms with Crippen molar-refractivity contribution in [1.82, 2.24) is 0 Å².